The normalized spacial score (nSPS) is 19.3. The highest BCUT2D eigenvalue weighted by Gasteiger charge is 2.32. The van der Waals surface area contributed by atoms with Crippen molar-refractivity contribution in [2.45, 2.75) is 44.7 Å². The van der Waals surface area contributed by atoms with E-state index >= 15 is 0 Å². The molecule has 2 heterocycles. The number of piperidine rings is 1. The Bertz CT molecular complexity index is 978. The van der Waals surface area contributed by atoms with Gasteiger partial charge in [0.1, 0.15) is 5.58 Å². The van der Waals surface area contributed by atoms with Crippen LogP contribution < -0.4 is 5.32 Å². The van der Waals surface area contributed by atoms with Gasteiger partial charge in [0.25, 0.3) is 5.91 Å². The molecule has 0 atom stereocenters. The molecule has 1 aromatic heterocycles. The predicted octanol–water partition coefficient (Wildman–Crippen LogP) is 4.25. The van der Waals surface area contributed by atoms with E-state index in [-0.39, 0.29) is 11.9 Å². The van der Waals surface area contributed by atoms with Gasteiger partial charge in [-0.05, 0) is 38.0 Å². The number of amides is 1. The van der Waals surface area contributed by atoms with Crippen LogP contribution in [0.15, 0.2) is 40.8 Å². The Labute approximate surface area is 153 Å². The van der Waals surface area contributed by atoms with Crippen molar-refractivity contribution < 1.29 is 9.21 Å². The number of carbonyl (C=O) groups excluding carboxylic acids is 1. The van der Waals surface area contributed by atoms with Gasteiger partial charge < -0.3 is 14.6 Å². The molecular weight excluding hydrogens is 324 g/mol. The number of nitrogens with one attached hydrogen (secondary N) is 1. The van der Waals surface area contributed by atoms with E-state index in [9.17, 15) is 4.79 Å². The molecule has 0 radical (unpaired) electrons. The maximum absolute atomic E-state index is 12.8. The van der Waals surface area contributed by atoms with E-state index in [2.05, 4.69) is 34.5 Å². The summed E-state index contributed by atoms with van der Waals surface area (Å²) in [6.07, 6.45) is 4.77. The van der Waals surface area contributed by atoms with E-state index in [1.54, 1.807) is 0 Å². The summed E-state index contributed by atoms with van der Waals surface area (Å²) < 4.78 is 6.06. The average molecular weight is 348 g/mol. The molecule has 1 aliphatic heterocycles. The second-order valence-corrected chi connectivity index (χ2v) is 7.73. The molecule has 1 aliphatic carbocycles. The smallest absolute Gasteiger partial charge is 0.287 e. The number of nitrogens with zero attached hydrogens (tertiary/aromatic N) is 1. The molecule has 4 heteroatoms. The molecule has 0 spiro atoms. The van der Waals surface area contributed by atoms with Gasteiger partial charge >= 0.3 is 0 Å². The lowest BCUT2D eigenvalue weighted by molar-refractivity contribution is 0.0882. The molecule has 0 unspecified atom stereocenters. The zero-order chi connectivity index (χ0) is 17.7. The minimum Gasteiger partial charge on any atom is -0.450 e. The monoisotopic (exact) mass is 348 g/mol. The fourth-order valence-corrected chi connectivity index (χ4v) is 4.27. The lowest BCUT2D eigenvalue weighted by Gasteiger charge is -2.32. The summed E-state index contributed by atoms with van der Waals surface area (Å²) in [5, 5.41) is 6.42. The summed E-state index contributed by atoms with van der Waals surface area (Å²) in [5.74, 6) is 0.383. The third kappa shape index (κ3) is 2.69. The minimum atomic E-state index is -0.0762. The lowest BCUT2D eigenvalue weighted by Crippen LogP contribution is -2.45. The number of hydrogen-bond acceptors (Lipinski definition) is 3. The number of furan rings is 1. The molecule has 4 nitrogen and oxygen atoms in total. The van der Waals surface area contributed by atoms with Gasteiger partial charge in [0.15, 0.2) is 5.76 Å². The Morgan fingerprint density at radius 3 is 2.58 bits per heavy atom. The Hall–Kier alpha value is -2.33. The quantitative estimate of drug-likeness (QED) is 0.769. The van der Waals surface area contributed by atoms with E-state index in [1.807, 2.05) is 19.1 Å². The molecule has 26 heavy (non-hydrogen) atoms. The fraction of sp³-hybridized carbons (Fsp3) is 0.409. The molecule has 3 aromatic rings. The van der Waals surface area contributed by atoms with Crippen LogP contribution in [0.2, 0.25) is 0 Å². The molecule has 1 amide bonds. The number of benzene rings is 2. The molecule has 2 aliphatic rings. The van der Waals surface area contributed by atoms with Crippen molar-refractivity contribution in [2.24, 2.45) is 0 Å². The number of likely N-dealkylation sites (tertiary alicyclic amines) is 1. The van der Waals surface area contributed by atoms with Crippen LogP contribution in [-0.2, 0) is 0 Å². The number of rotatable bonds is 3. The van der Waals surface area contributed by atoms with E-state index in [4.69, 9.17) is 4.42 Å². The van der Waals surface area contributed by atoms with E-state index in [1.165, 1.54) is 12.8 Å². The Morgan fingerprint density at radius 1 is 1.04 bits per heavy atom. The molecule has 0 bridgehead atoms. The van der Waals surface area contributed by atoms with Gasteiger partial charge in [-0.2, -0.15) is 0 Å². The second-order valence-electron chi connectivity index (χ2n) is 7.73. The van der Waals surface area contributed by atoms with Crippen LogP contribution in [0.3, 0.4) is 0 Å². The third-order valence-corrected chi connectivity index (χ3v) is 5.96. The van der Waals surface area contributed by atoms with Gasteiger partial charge in [0.05, 0.1) is 0 Å². The first-order valence-electron chi connectivity index (χ1n) is 9.66. The zero-order valence-electron chi connectivity index (χ0n) is 15.1. The second kappa shape index (κ2) is 6.13. The van der Waals surface area contributed by atoms with Gasteiger partial charge in [-0.15, -0.1) is 0 Å². The van der Waals surface area contributed by atoms with Crippen LogP contribution in [0.4, 0.5) is 0 Å². The first kappa shape index (κ1) is 15.9. The predicted molar refractivity (Wildman–Crippen MR) is 104 cm³/mol. The first-order chi connectivity index (χ1) is 12.7. The zero-order valence-corrected chi connectivity index (χ0v) is 15.1. The lowest BCUT2D eigenvalue weighted by atomic mass is 10.0. The van der Waals surface area contributed by atoms with Crippen LogP contribution in [0.5, 0.6) is 0 Å². The highest BCUT2D eigenvalue weighted by Crippen LogP contribution is 2.32. The largest absolute Gasteiger partial charge is 0.450 e. The van der Waals surface area contributed by atoms with Gasteiger partial charge in [0.2, 0.25) is 0 Å². The summed E-state index contributed by atoms with van der Waals surface area (Å²) >= 11 is 0. The molecule has 1 N–H and O–H groups in total. The van der Waals surface area contributed by atoms with Crippen molar-refractivity contribution in [1.29, 1.82) is 0 Å². The third-order valence-electron chi connectivity index (χ3n) is 5.96. The number of fused-ring (bicyclic) bond motifs is 3. The Morgan fingerprint density at radius 2 is 1.81 bits per heavy atom. The van der Waals surface area contributed by atoms with Crippen molar-refractivity contribution in [3.05, 3.63) is 47.7 Å². The van der Waals surface area contributed by atoms with Gasteiger partial charge in [-0.1, -0.05) is 36.4 Å². The number of carbonyl (C=O) groups is 1. The van der Waals surface area contributed by atoms with Gasteiger partial charge in [0, 0.05) is 41.5 Å². The van der Waals surface area contributed by atoms with Crippen LogP contribution >= 0.6 is 0 Å². The van der Waals surface area contributed by atoms with Crippen molar-refractivity contribution >= 4 is 27.6 Å². The summed E-state index contributed by atoms with van der Waals surface area (Å²) in [7, 11) is 0. The topological polar surface area (TPSA) is 45.5 Å². The molecule has 1 saturated carbocycles. The minimum absolute atomic E-state index is 0.0762. The molecule has 2 aromatic carbocycles. The van der Waals surface area contributed by atoms with Crippen LogP contribution in [0, 0.1) is 6.92 Å². The fourth-order valence-electron chi connectivity index (χ4n) is 4.27. The highest BCUT2D eigenvalue weighted by atomic mass is 16.3. The van der Waals surface area contributed by atoms with Gasteiger partial charge in [-0.25, -0.2) is 0 Å². The summed E-state index contributed by atoms with van der Waals surface area (Å²) in [5.41, 5.74) is 1.74. The SMILES string of the molecule is Cc1c(C(=O)NC2CCN(C3CC3)CC2)oc2c1ccc1ccccc12. The standard InChI is InChI=1S/C22H24N2O2/c1-14-18-9-6-15-4-2-3-5-19(15)21(18)26-20(14)22(25)23-16-10-12-24(13-11-16)17-7-8-17/h2-6,9,16-17H,7-8,10-13H2,1H3,(H,23,25). The summed E-state index contributed by atoms with van der Waals surface area (Å²) in [6.45, 7) is 4.17. The average Bonchev–Trinajstić information content (AvgIpc) is 3.46. The maximum Gasteiger partial charge on any atom is 0.287 e. The molecular formula is C22H24N2O2. The maximum atomic E-state index is 12.8. The van der Waals surface area contributed by atoms with E-state index in [0.717, 1.165) is 59.3 Å². The Kier molecular flexibility index (Phi) is 3.75. The van der Waals surface area contributed by atoms with Gasteiger partial charge in [-0.3, -0.25) is 4.79 Å². The molecule has 1 saturated heterocycles. The van der Waals surface area contributed by atoms with Crippen LogP contribution in [0.1, 0.15) is 41.8 Å². The van der Waals surface area contributed by atoms with Crippen molar-refractivity contribution in [2.75, 3.05) is 13.1 Å². The van der Waals surface area contributed by atoms with Crippen molar-refractivity contribution in [3.8, 4) is 0 Å². The molecule has 5 rings (SSSR count). The summed E-state index contributed by atoms with van der Waals surface area (Å²) in [6, 6.07) is 13.4. The molecule has 134 valence electrons. The van der Waals surface area contributed by atoms with E-state index < -0.39 is 0 Å². The highest BCUT2D eigenvalue weighted by molar-refractivity contribution is 6.08. The Balaban J connectivity index is 1.39. The van der Waals surface area contributed by atoms with Crippen LogP contribution in [-0.4, -0.2) is 36.0 Å². The number of aryl methyl sites for hydroxylation is 1. The first-order valence-corrected chi connectivity index (χ1v) is 9.66. The van der Waals surface area contributed by atoms with Crippen molar-refractivity contribution in [3.63, 3.8) is 0 Å². The number of hydrogen-bond donors (Lipinski definition) is 1. The van der Waals surface area contributed by atoms with Crippen LogP contribution in [0.25, 0.3) is 21.7 Å². The summed E-state index contributed by atoms with van der Waals surface area (Å²) in [4.78, 5) is 15.4. The van der Waals surface area contributed by atoms with Crippen molar-refractivity contribution in [1.82, 2.24) is 10.2 Å². The van der Waals surface area contributed by atoms with E-state index in [0.29, 0.717) is 5.76 Å². The molecule has 2 fully saturated rings.